The Morgan fingerprint density at radius 1 is 1.05 bits per heavy atom. The van der Waals surface area contributed by atoms with Crippen LogP contribution in [0.5, 0.6) is 0 Å². The highest BCUT2D eigenvalue weighted by Gasteiger charge is 2.06. The maximum Gasteiger partial charge on any atom is 0.183 e. The molecule has 0 saturated heterocycles. The highest BCUT2D eigenvalue weighted by Crippen LogP contribution is 2.25. The predicted octanol–water partition coefficient (Wildman–Crippen LogP) is 3.80. The first-order valence-electron chi connectivity index (χ1n) is 6.73. The predicted molar refractivity (Wildman–Crippen MR) is 86.1 cm³/mol. The highest BCUT2D eigenvalue weighted by molar-refractivity contribution is 7.22. The molecule has 0 aliphatic heterocycles. The fourth-order valence-corrected chi connectivity index (χ4v) is 3.04. The summed E-state index contributed by atoms with van der Waals surface area (Å²) in [6.07, 6.45) is 0.889. The number of aromatic nitrogens is 1. The molecule has 0 aliphatic rings. The molecule has 102 valence electrons. The van der Waals surface area contributed by atoms with Gasteiger partial charge < -0.3 is 11.1 Å². The smallest absolute Gasteiger partial charge is 0.183 e. The quantitative estimate of drug-likeness (QED) is 0.749. The van der Waals surface area contributed by atoms with E-state index >= 15 is 0 Å². The number of nitrogens with zero attached hydrogens (tertiary/aromatic N) is 1. The fourth-order valence-electron chi connectivity index (χ4n) is 2.15. The Morgan fingerprint density at radius 3 is 2.60 bits per heavy atom. The maximum atomic E-state index is 6.18. The van der Waals surface area contributed by atoms with Crippen LogP contribution < -0.4 is 11.1 Å². The Bertz CT molecular complexity index is 645. The van der Waals surface area contributed by atoms with Crippen molar-refractivity contribution >= 4 is 26.7 Å². The van der Waals surface area contributed by atoms with Gasteiger partial charge in [-0.1, -0.05) is 53.8 Å². The van der Waals surface area contributed by atoms with E-state index in [4.69, 9.17) is 5.73 Å². The summed E-state index contributed by atoms with van der Waals surface area (Å²) in [5.41, 5.74) is 8.40. The Hall–Kier alpha value is -1.91. The summed E-state index contributed by atoms with van der Waals surface area (Å²) in [4.78, 5) is 4.55. The third-order valence-corrected chi connectivity index (χ3v) is 4.25. The molecule has 20 heavy (non-hydrogen) atoms. The van der Waals surface area contributed by atoms with Crippen molar-refractivity contribution in [2.24, 2.45) is 5.73 Å². The van der Waals surface area contributed by atoms with Crippen molar-refractivity contribution in [1.82, 2.24) is 4.98 Å². The van der Waals surface area contributed by atoms with Crippen molar-refractivity contribution in [2.75, 3.05) is 11.9 Å². The lowest BCUT2D eigenvalue weighted by Gasteiger charge is -2.11. The largest absolute Gasteiger partial charge is 0.361 e. The van der Waals surface area contributed by atoms with Gasteiger partial charge >= 0.3 is 0 Å². The van der Waals surface area contributed by atoms with Crippen molar-refractivity contribution < 1.29 is 0 Å². The van der Waals surface area contributed by atoms with E-state index in [9.17, 15) is 0 Å². The van der Waals surface area contributed by atoms with Crippen molar-refractivity contribution in [2.45, 2.75) is 12.5 Å². The third-order valence-electron chi connectivity index (χ3n) is 3.25. The van der Waals surface area contributed by atoms with Crippen LogP contribution >= 0.6 is 11.3 Å². The van der Waals surface area contributed by atoms with E-state index in [1.165, 1.54) is 10.3 Å². The van der Waals surface area contributed by atoms with E-state index in [0.717, 1.165) is 23.6 Å². The van der Waals surface area contributed by atoms with E-state index in [-0.39, 0.29) is 6.04 Å². The minimum Gasteiger partial charge on any atom is -0.361 e. The van der Waals surface area contributed by atoms with Crippen molar-refractivity contribution in [1.29, 1.82) is 0 Å². The van der Waals surface area contributed by atoms with Gasteiger partial charge in [-0.05, 0) is 24.1 Å². The second-order valence-corrected chi connectivity index (χ2v) is 5.75. The summed E-state index contributed by atoms with van der Waals surface area (Å²) in [6.45, 7) is 0.829. The number of para-hydroxylation sites is 1. The second-order valence-electron chi connectivity index (χ2n) is 4.72. The van der Waals surface area contributed by atoms with Crippen LogP contribution in [0.4, 0.5) is 5.13 Å². The van der Waals surface area contributed by atoms with Gasteiger partial charge in [0.15, 0.2) is 5.13 Å². The van der Waals surface area contributed by atoms with Crippen LogP contribution in [0.25, 0.3) is 10.2 Å². The number of hydrogen-bond acceptors (Lipinski definition) is 4. The van der Waals surface area contributed by atoms with Gasteiger partial charge in [-0.2, -0.15) is 0 Å². The summed E-state index contributed by atoms with van der Waals surface area (Å²) in [5.74, 6) is 0. The van der Waals surface area contributed by atoms with E-state index in [0.29, 0.717) is 0 Å². The maximum absolute atomic E-state index is 6.18. The number of benzene rings is 2. The summed E-state index contributed by atoms with van der Waals surface area (Å²) in [6, 6.07) is 18.4. The molecular weight excluding hydrogens is 266 g/mol. The van der Waals surface area contributed by atoms with Gasteiger partial charge in [0.25, 0.3) is 0 Å². The van der Waals surface area contributed by atoms with Crippen LogP contribution in [0.2, 0.25) is 0 Å². The van der Waals surface area contributed by atoms with Gasteiger partial charge in [-0.25, -0.2) is 4.98 Å². The van der Waals surface area contributed by atoms with Crippen molar-refractivity contribution in [3.8, 4) is 0 Å². The zero-order chi connectivity index (χ0) is 13.8. The SMILES string of the molecule is NC(CCNc1nc2ccccc2s1)c1ccccc1. The first kappa shape index (κ1) is 13.1. The average Bonchev–Trinajstić information content (AvgIpc) is 2.90. The van der Waals surface area contributed by atoms with Crippen molar-refractivity contribution in [3.63, 3.8) is 0 Å². The van der Waals surface area contributed by atoms with Crippen LogP contribution in [0.1, 0.15) is 18.0 Å². The van der Waals surface area contributed by atoms with E-state index < -0.39 is 0 Å². The van der Waals surface area contributed by atoms with Gasteiger partial charge in [-0.15, -0.1) is 0 Å². The van der Waals surface area contributed by atoms with Crippen LogP contribution in [0.3, 0.4) is 0 Å². The fraction of sp³-hybridized carbons (Fsp3) is 0.188. The number of anilines is 1. The summed E-state index contributed by atoms with van der Waals surface area (Å²) in [5, 5.41) is 4.33. The molecule has 4 heteroatoms. The number of fused-ring (bicyclic) bond motifs is 1. The topological polar surface area (TPSA) is 50.9 Å². The zero-order valence-corrected chi connectivity index (χ0v) is 11.9. The molecule has 1 unspecified atom stereocenters. The van der Waals surface area contributed by atoms with Crippen LogP contribution in [-0.2, 0) is 0 Å². The first-order chi connectivity index (χ1) is 9.83. The van der Waals surface area contributed by atoms with Crippen LogP contribution in [0.15, 0.2) is 54.6 Å². The highest BCUT2D eigenvalue weighted by atomic mass is 32.1. The molecule has 2 aromatic carbocycles. The van der Waals surface area contributed by atoms with Gasteiger partial charge in [0.05, 0.1) is 10.2 Å². The van der Waals surface area contributed by atoms with Gasteiger partial charge in [0.2, 0.25) is 0 Å². The molecular formula is C16H17N3S. The lowest BCUT2D eigenvalue weighted by atomic mass is 10.1. The number of hydrogen-bond donors (Lipinski definition) is 2. The molecule has 0 aliphatic carbocycles. The Morgan fingerprint density at radius 2 is 1.80 bits per heavy atom. The van der Waals surface area contributed by atoms with Gasteiger partial charge in [0, 0.05) is 12.6 Å². The second kappa shape index (κ2) is 6.03. The monoisotopic (exact) mass is 283 g/mol. The molecule has 3 N–H and O–H groups in total. The number of nitrogens with two attached hydrogens (primary N) is 1. The van der Waals surface area contributed by atoms with Gasteiger partial charge in [-0.3, -0.25) is 0 Å². The van der Waals surface area contributed by atoms with Crippen molar-refractivity contribution in [3.05, 3.63) is 60.2 Å². The van der Waals surface area contributed by atoms with Crippen LogP contribution in [0, 0.1) is 0 Å². The van der Waals surface area contributed by atoms with E-state index in [1.807, 2.05) is 36.4 Å². The number of thiazole rings is 1. The molecule has 0 radical (unpaired) electrons. The minimum absolute atomic E-state index is 0.0677. The molecule has 0 spiro atoms. The molecule has 1 heterocycles. The lowest BCUT2D eigenvalue weighted by Crippen LogP contribution is -2.15. The summed E-state index contributed by atoms with van der Waals surface area (Å²) in [7, 11) is 0. The molecule has 1 atom stereocenters. The Kier molecular flexibility index (Phi) is 3.95. The molecule has 0 amide bonds. The van der Waals surface area contributed by atoms with Crippen LogP contribution in [-0.4, -0.2) is 11.5 Å². The molecule has 3 rings (SSSR count). The Labute approximate surface area is 122 Å². The molecule has 0 bridgehead atoms. The standard InChI is InChI=1S/C16H17N3S/c17-13(12-6-2-1-3-7-12)10-11-18-16-19-14-8-4-5-9-15(14)20-16/h1-9,13H,10-11,17H2,(H,18,19). The minimum atomic E-state index is 0.0677. The van der Waals surface area contributed by atoms with Gasteiger partial charge in [0.1, 0.15) is 0 Å². The molecule has 0 saturated carbocycles. The summed E-state index contributed by atoms with van der Waals surface area (Å²) < 4.78 is 1.21. The zero-order valence-electron chi connectivity index (χ0n) is 11.1. The normalized spacial score (nSPS) is 12.4. The van der Waals surface area contributed by atoms with E-state index in [1.54, 1.807) is 11.3 Å². The summed E-state index contributed by atoms with van der Waals surface area (Å²) >= 11 is 1.68. The third kappa shape index (κ3) is 2.98. The molecule has 1 aromatic heterocycles. The Balaban J connectivity index is 1.57. The average molecular weight is 283 g/mol. The lowest BCUT2D eigenvalue weighted by molar-refractivity contribution is 0.675. The molecule has 3 aromatic rings. The van der Waals surface area contributed by atoms with E-state index in [2.05, 4.69) is 28.5 Å². The first-order valence-corrected chi connectivity index (χ1v) is 7.54. The molecule has 3 nitrogen and oxygen atoms in total. The number of rotatable bonds is 5. The number of nitrogens with one attached hydrogen (secondary N) is 1. The molecule has 0 fully saturated rings.